The minimum absolute atomic E-state index is 0.319. The van der Waals surface area contributed by atoms with Crippen LogP contribution in [0.1, 0.15) is 44.1 Å². The Hall–Kier alpha value is -1.60. The maximum absolute atomic E-state index is 12.2. The van der Waals surface area contributed by atoms with E-state index >= 15 is 0 Å². The molecule has 1 saturated carbocycles. The Bertz CT molecular complexity index is 766. The van der Waals surface area contributed by atoms with Crippen molar-refractivity contribution in [2.45, 2.75) is 50.0 Å². The van der Waals surface area contributed by atoms with E-state index in [2.05, 4.69) is 15.2 Å². The molecule has 7 heteroatoms. The Morgan fingerprint density at radius 3 is 2.41 bits per heavy atom. The van der Waals surface area contributed by atoms with Crippen molar-refractivity contribution in [2.24, 2.45) is 10.4 Å². The summed E-state index contributed by atoms with van der Waals surface area (Å²) in [6, 6.07) is 7.07. The zero-order chi connectivity index (χ0) is 19.5. The summed E-state index contributed by atoms with van der Waals surface area (Å²) >= 11 is 0. The highest BCUT2D eigenvalue weighted by Crippen LogP contribution is 2.43. The van der Waals surface area contributed by atoms with Crippen molar-refractivity contribution in [1.82, 2.24) is 14.5 Å². The Morgan fingerprint density at radius 2 is 1.81 bits per heavy atom. The minimum Gasteiger partial charge on any atom is -0.352 e. The Labute approximate surface area is 163 Å². The molecular weight excluding hydrogens is 360 g/mol. The van der Waals surface area contributed by atoms with Crippen LogP contribution >= 0.6 is 0 Å². The number of hydrogen-bond acceptors (Lipinski definition) is 3. The van der Waals surface area contributed by atoms with Crippen LogP contribution in [0.3, 0.4) is 0 Å². The quantitative estimate of drug-likeness (QED) is 0.632. The topological polar surface area (TPSA) is 65.0 Å². The van der Waals surface area contributed by atoms with E-state index in [1.807, 2.05) is 19.2 Å². The number of hydrogen-bond donors (Lipinski definition) is 1. The molecule has 2 fully saturated rings. The number of rotatable bonds is 4. The SMILES string of the molecule is CN=C(NCc1ccc(S(=O)(=O)N(C)C)cc1)N1CCC2(CCCCC2)C1. The van der Waals surface area contributed by atoms with Crippen molar-refractivity contribution >= 4 is 16.0 Å². The summed E-state index contributed by atoms with van der Waals surface area (Å²) in [5, 5.41) is 3.45. The summed E-state index contributed by atoms with van der Waals surface area (Å²) in [6.45, 7) is 2.81. The molecule has 0 unspecified atom stereocenters. The summed E-state index contributed by atoms with van der Waals surface area (Å²) in [4.78, 5) is 7.18. The Kier molecular flexibility index (Phi) is 6.11. The number of guanidine groups is 1. The van der Waals surface area contributed by atoms with E-state index in [0.717, 1.165) is 24.6 Å². The molecule has 0 amide bonds. The molecule has 0 radical (unpaired) electrons. The molecule has 1 aliphatic heterocycles. The number of nitrogens with one attached hydrogen (secondary N) is 1. The summed E-state index contributed by atoms with van der Waals surface area (Å²) in [5.41, 5.74) is 1.54. The molecule has 1 N–H and O–H groups in total. The van der Waals surface area contributed by atoms with E-state index < -0.39 is 10.0 Å². The standard InChI is InChI=1S/C20H32N4O2S/c1-21-19(24-14-13-20(16-24)11-5-4-6-12-20)22-15-17-7-9-18(10-8-17)27(25,26)23(2)3/h7-10H,4-6,11-16H2,1-3H3,(H,21,22). The highest BCUT2D eigenvalue weighted by Gasteiger charge is 2.39. The van der Waals surface area contributed by atoms with Crippen LogP contribution in [0.5, 0.6) is 0 Å². The van der Waals surface area contributed by atoms with Crippen LogP contribution in [0.4, 0.5) is 0 Å². The van der Waals surface area contributed by atoms with Crippen LogP contribution < -0.4 is 5.32 Å². The molecule has 1 aromatic rings. The van der Waals surface area contributed by atoms with Crippen molar-refractivity contribution in [3.8, 4) is 0 Å². The van der Waals surface area contributed by atoms with Gasteiger partial charge >= 0.3 is 0 Å². The van der Waals surface area contributed by atoms with Crippen LogP contribution in [0.15, 0.2) is 34.2 Å². The average molecular weight is 393 g/mol. The van der Waals surface area contributed by atoms with Gasteiger partial charge in [-0.2, -0.15) is 0 Å². The van der Waals surface area contributed by atoms with Crippen LogP contribution in [-0.4, -0.2) is 57.8 Å². The van der Waals surface area contributed by atoms with Gasteiger partial charge in [-0.25, -0.2) is 12.7 Å². The van der Waals surface area contributed by atoms with Crippen LogP contribution in [-0.2, 0) is 16.6 Å². The first-order valence-corrected chi connectivity index (χ1v) is 11.3. The van der Waals surface area contributed by atoms with E-state index in [1.54, 1.807) is 26.2 Å². The van der Waals surface area contributed by atoms with Crippen molar-refractivity contribution in [3.05, 3.63) is 29.8 Å². The molecule has 1 spiro atoms. The number of likely N-dealkylation sites (tertiary alicyclic amines) is 1. The van der Waals surface area contributed by atoms with E-state index in [0.29, 0.717) is 16.9 Å². The predicted molar refractivity (Wildman–Crippen MR) is 109 cm³/mol. The number of benzene rings is 1. The van der Waals surface area contributed by atoms with Gasteiger partial charge in [0.2, 0.25) is 10.0 Å². The fourth-order valence-electron chi connectivity index (χ4n) is 4.33. The molecule has 0 bridgehead atoms. The zero-order valence-corrected chi connectivity index (χ0v) is 17.6. The number of nitrogens with zero attached hydrogens (tertiary/aromatic N) is 3. The van der Waals surface area contributed by atoms with Crippen molar-refractivity contribution < 1.29 is 8.42 Å². The van der Waals surface area contributed by atoms with Gasteiger partial charge in [0.1, 0.15) is 0 Å². The Morgan fingerprint density at radius 1 is 1.15 bits per heavy atom. The van der Waals surface area contributed by atoms with Gasteiger partial charge in [-0.15, -0.1) is 0 Å². The predicted octanol–water partition coefficient (Wildman–Crippen LogP) is 2.67. The molecule has 1 saturated heterocycles. The van der Waals surface area contributed by atoms with Crippen molar-refractivity contribution in [1.29, 1.82) is 0 Å². The summed E-state index contributed by atoms with van der Waals surface area (Å²) < 4.78 is 25.6. The summed E-state index contributed by atoms with van der Waals surface area (Å²) in [7, 11) is 1.55. The van der Waals surface area contributed by atoms with Crippen LogP contribution in [0, 0.1) is 5.41 Å². The third-order valence-corrected chi connectivity index (χ3v) is 7.85. The normalized spacial score (nSPS) is 20.4. The Balaban J connectivity index is 1.59. The van der Waals surface area contributed by atoms with E-state index in [4.69, 9.17) is 0 Å². The fourth-order valence-corrected chi connectivity index (χ4v) is 5.23. The second kappa shape index (κ2) is 8.19. The number of sulfonamides is 1. The third kappa shape index (κ3) is 4.46. The first-order chi connectivity index (χ1) is 12.9. The largest absolute Gasteiger partial charge is 0.352 e. The lowest BCUT2D eigenvalue weighted by Gasteiger charge is -2.33. The lowest BCUT2D eigenvalue weighted by molar-refractivity contribution is 0.203. The van der Waals surface area contributed by atoms with Gasteiger partial charge in [-0.1, -0.05) is 31.4 Å². The van der Waals surface area contributed by atoms with E-state index in [9.17, 15) is 8.42 Å². The molecule has 0 aromatic heterocycles. The highest BCUT2D eigenvalue weighted by atomic mass is 32.2. The second-order valence-electron chi connectivity index (χ2n) is 8.06. The van der Waals surface area contributed by atoms with Gasteiger partial charge in [0.05, 0.1) is 4.90 Å². The van der Waals surface area contributed by atoms with E-state index in [-0.39, 0.29) is 0 Å². The minimum atomic E-state index is -3.38. The van der Waals surface area contributed by atoms with Gasteiger partial charge in [0.25, 0.3) is 0 Å². The van der Waals surface area contributed by atoms with Crippen LogP contribution in [0.25, 0.3) is 0 Å². The fraction of sp³-hybridized carbons (Fsp3) is 0.650. The van der Waals surface area contributed by atoms with Crippen molar-refractivity contribution in [3.63, 3.8) is 0 Å². The molecule has 27 heavy (non-hydrogen) atoms. The molecule has 150 valence electrons. The third-order valence-electron chi connectivity index (χ3n) is 6.02. The average Bonchev–Trinajstić information content (AvgIpc) is 3.06. The zero-order valence-electron chi connectivity index (χ0n) is 16.7. The summed E-state index contributed by atoms with van der Waals surface area (Å²) in [6.07, 6.45) is 8.08. The first-order valence-electron chi connectivity index (χ1n) is 9.83. The van der Waals surface area contributed by atoms with Gasteiger partial charge in [0, 0.05) is 40.8 Å². The summed E-state index contributed by atoms with van der Waals surface area (Å²) in [5.74, 6) is 0.947. The highest BCUT2D eigenvalue weighted by molar-refractivity contribution is 7.89. The van der Waals surface area contributed by atoms with Crippen LogP contribution in [0.2, 0.25) is 0 Å². The van der Waals surface area contributed by atoms with E-state index in [1.165, 1.54) is 42.8 Å². The smallest absolute Gasteiger partial charge is 0.242 e. The monoisotopic (exact) mass is 392 g/mol. The molecule has 6 nitrogen and oxygen atoms in total. The second-order valence-corrected chi connectivity index (χ2v) is 10.2. The molecule has 0 atom stereocenters. The van der Waals surface area contributed by atoms with Gasteiger partial charge < -0.3 is 10.2 Å². The van der Waals surface area contributed by atoms with Gasteiger partial charge in [-0.05, 0) is 42.4 Å². The molecule has 1 heterocycles. The van der Waals surface area contributed by atoms with Gasteiger partial charge in [-0.3, -0.25) is 4.99 Å². The van der Waals surface area contributed by atoms with Crippen molar-refractivity contribution in [2.75, 3.05) is 34.2 Å². The maximum atomic E-state index is 12.2. The lowest BCUT2D eigenvalue weighted by Crippen LogP contribution is -2.41. The first kappa shape index (κ1) is 20.1. The molecule has 1 aliphatic carbocycles. The lowest BCUT2D eigenvalue weighted by atomic mass is 9.73. The molecule has 2 aliphatic rings. The maximum Gasteiger partial charge on any atom is 0.242 e. The molecule has 1 aromatic carbocycles. The van der Waals surface area contributed by atoms with Gasteiger partial charge in [0.15, 0.2) is 5.96 Å². The number of aliphatic imine (C=N–C) groups is 1. The molecule has 3 rings (SSSR count). The molecular formula is C20H32N4O2S.